The molecule has 1 aromatic rings. The van der Waals surface area contributed by atoms with Crippen molar-refractivity contribution in [2.45, 2.75) is 52.4 Å². The second-order valence-electron chi connectivity index (χ2n) is 8.36. The Labute approximate surface area is 169 Å². The average Bonchev–Trinajstić information content (AvgIpc) is 2.67. The molecule has 0 aromatic heterocycles. The molecule has 0 aliphatic carbocycles. The number of piperidine rings is 1. The van der Waals surface area contributed by atoms with Crippen LogP contribution in [-0.2, 0) is 14.9 Å². The largest absolute Gasteiger partial charge is 0.382 e. The summed E-state index contributed by atoms with van der Waals surface area (Å²) in [6.07, 6.45) is 2.23. The van der Waals surface area contributed by atoms with Crippen LogP contribution in [0.25, 0.3) is 0 Å². The van der Waals surface area contributed by atoms with Crippen LogP contribution in [0, 0.1) is 5.92 Å². The third-order valence-corrected chi connectivity index (χ3v) is 5.12. The number of carbonyl (C=O) groups excluding carboxylic acids is 2. The minimum Gasteiger partial charge on any atom is -0.382 e. The second-order valence-corrected chi connectivity index (χ2v) is 8.36. The minimum absolute atomic E-state index is 0.0118. The van der Waals surface area contributed by atoms with Gasteiger partial charge in [-0.15, -0.1) is 0 Å². The van der Waals surface area contributed by atoms with Gasteiger partial charge >= 0.3 is 6.03 Å². The monoisotopic (exact) mass is 389 g/mol. The molecule has 1 aliphatic rings. The number of nitrogens with one attached hydrogen (secondary N) is 2. The highest BCUT2D eigenvalue weighted by Crippen LogP contribution is 2.24. The molecule has 2 N–H and O–H groups in total. The molecule has 0 radical (unpaired) electrons. The first-order valence-corrected chi connectivity index (χ1v) is 10.3. The zero-order valence-corrected chi connectivity index (χ0v) is 17.7. The van der Waals surface area contributed by atoms with Crippen molar-refractivity contribution in [3.63, 3.8) is 0 Å². The molecule has 28 heavy (non-hydrogen) atoms. The van der Waals surface area contributed by atoms with Crippen LogP contribution < -0.4 is 10.6 Å². The van der Waals surface area contributed by atoms with Crippen LogP contribution in [0.4, 0.5) is 10.5 Å². The Balaban J connectivity index is 1.73. The van der Waals surface area contributed by atoms with Crippen LogP contribution in [0.5, 0.6) is 0 Å². The molecule has 6 heteroatoms. The van der Waals surface area contributed by atoms with Crippen LogP contribution in [-0.4, -0.2) is 49.7 Å². The molecule has 1 fully saturated rings. The Kier molecular flexibility index (Phi) is 8.30. The molecule has 1 saturated heterocycles. The summed E-state index contributed by atoms with van der Waals surface area (Å²) in [7, 11) is 0. The van der Waals surface area contributed by atoms with Gasteiger partial charge in [0.2, 0.25) is 5.91 Å². The number of likely N-dealkylation sites (tertiary alicyclic amines) is 1. The van der Waals surface area contributed by atoms with Gasteiger partial charge in [-0.25, -0.2) is 4.79 Å². The van der Waals surface area contributed by atoms with Crippen molar-refractivity contribution < 1.29 is 14.3 Å². The Morgan fingerprint density at radius 3 is 2.36 bits per heavy atom. The quantitative estimate of drug-likeness (QED) is 0.698. The number of ether oxygens (including phenoxy) is 1. The van der Waals surface area contributed by atoms with Gasteiger partial charge in [0.05, 0.1) is 0 Å². The maximum absolute atomic E-state index is 12.5. The molecule has 1 aromatic carbocycles. The van der Waals surface area contributed by atoms with Gasteiger partial charge < -0.3 is 20.3 Å². The third-order valence-electron chi connectivity index (χ3n) is 5.12. The smallest absolute Gasteiger partial charge is 0.321 e. The van der Waals surface area contributed by atoms with E-state index in [4.69, 9.17) is 4.74 Å². The first-order chi connectivity index (χ1) is 13.3. The van der Waals surface area contributed by atoms with Crippen molar-refractivity contribution in [1.82, 2.24) is 10.2 Å². The zero-order chi connectivity index (χ0) is 20.6. The highest BCUT2D eigenvalue weighted by molar-refractivity contribution is 5.89. The predicted octanol–water partition coefficient (Wildman–Crippen LogP) is 3.77. The molecule has 3 amide bonds. The Morgan fingerprint density at radius 1 is 1.14 bits per heavy atom. The molecule has 156 valence electrons. The van der Waals surface area contributed by atoms with Gasteiger partial charge in [-0.3, -0.25) is 4.79 Å². The van der Waals surface area contributed by atoms with E-state index in [1.165, 1.54) is 5.56 Å². The summed E-state index contributed by atoms with van der Waals surface area (Å²) in [6.45, 7) is 11.7. The van der Waals surface area contributed by atoms with Crippen LogP contribution in [0.1, 0.15) is 52.5 Å². The average molecular weight is 390 g/mol. The SMILES string of the molecule is CCOCCCNC(=O)C1CCN(C(=O)Nc2ccc(C(C)(C)C)cc2)CC1. The molecule has 0 atom stereocenters. The van der Waals surface area contributed by atoms with Crippen molar-refractivity contribution in [2.75, 3.05) is 38.2 Å². The van der Waals surface area contributed by atoms with Crippen molar-refractivity contribution in [1.29, 1.82) is 0 Å². The lowest BCUT2D eigenvalue weighted by molar-refractivity contribution is -0.126. The third kappa shape index (κ3) is 6.82. The molecule has 0 unspecified atom stereocenters. The van der Waals surface area contributed by atoms with Gasteiger partial charge in [0.1, 0.15) is 0 Å². The lowest BCUT2D eigenvalue weighted by Gasteiger charge is -2.31. The molecule has 2 rings (SSSR count). The first kappa shape index (κ1) is 22.2. The highest BCUT2D eigenvalue weighted by Gasteiger charge is 2.27. The summed E-state index contributed by atoms with van der Waals surface area (Å²) >= 11 is 0. The molecule has 6 nitrogen and oxygen atoms in total. The Bertz CT molecular complexity index is 629. The maximum Gasteiger partial charge on any atom is 0.321 e. The molecule has 1 heterocycles. The van der Waals surface area contributed by atoms with E-state index in [1.807, 2.05) is 19.1 Å². The summed E-state index contributed by atoms with van der Waals surface area (Å²) < 4.78 is 5.27. The summed E-state index contributed by atoms with van der Waals surface area (Å²) in [5, 5.41) is 5.94. The fourth-order valence-corrected chi connectivity index (χ4v) is 3.28. The Morgan fingerprint density at radius 2 is 1.79 bits per heavy atom. The van der Waals surface area contributed by atoms with Gasteiger partial charge in [0.15, 0.2) is 0 Å². The normalized spacial score (nSPS) is 15.4. The van der Waals surface area contributed by atoms with Crippen LogP contribution in [0.3, 0.4) is 0 Å². The number of rotatable bonds is 7. The molecular weight excluding hydrogens is 354 g/mol. The van der Waals surface area contributed by atoms with Crippen molar-refractivity contribution >= 4 is 17.6 Å². The van der Waals surface area contributed by atoms with Crippen LogP contribution in [0.15, 0.2) is 24.3 Å². The van der Waals surface area contributed by atoms with E-state index in [0.29, 0.717) is 45.7 Å². The van der Waals surface area contributed by atoms with E-state index in [9.17, 15) is 9.59 Å². The number of urea groups is 1. The first-order valence-electron chi connectivity index (χ1n) is 10.3. The van der Waals surface area contributed by atoms with Crippen molar-refractivity contribution in [2.24, 2.45) is 5.92 Å². The number of hydrogen-bond donors (Lipinski definition) is 2. The summed E-state index contributed by atoms with van der Waals surface area (Å²) in [6, 6.07) is 7.90. The van der Waals surface area contributed by atoms with Crippen LogP contribution in [0.2, 0.25) is 0 Å². The maximum atomic E-state index is 12.5. The van der Waals surface area contributed by atoms with Gasteiger partial charge in [-0.2, -0.15) is 0 Å². The molecule has 0 saturated carbocycles. The van der Waals surface area contributed by atoms with E-state index >= 15 is 0 Å². The molecule has 0 spiro atoms. The molecular formula is C22H35N3O3. The topological polar surface area (TPSA) is 70.7 Å². The minimum atomic E-state index is -0.0981. The zero-order valence-electron chi connectivity index (χ0n) is 17.7. The van der Waals surface area contributed by atoms with Crippen molar-refractivity contribution in [3.8, 4) is 0 Å². The van der Waals surface area contributed by atoms with Gasteiger partial charge in [0, 0.05) is 44.5 Å². The lowest BCUT2D eigenvalue weighted by atomic mass is 9.87. The number of benzene rings is 1. The molecule has 1 aliphatic heterocycles. The van der Waals surface area contributed by atoms with Gasteiger partial charge in [-0.1, -0.05) is 32.9 Å². The van der Waals surface area contributed by atoms with E-state index in [0.717, 1.165) is 12.1 Å². The van der Waals surface area contributed by atoms with Gasteiger partial charge in [-0.05, 0) is 49.3 Å². The number of carbonyl (C=O) groups is 2. The van der Waals surface area contributed by atoms with Crippen molar-refractivity contribution in [3.05, 3.63) is 29.8 Å². The van der Waals surface area contributed by atoms with E-state index in [-0.39, 0.29) is 23.3 Å². The number of anilines is 1. The number of nitrogens with zero attached hydrogens (tertiary/aromatic N) is 1. The lowest BCUT2D eigenvalue weighted by Crippen LogP contribution is -2.44. The standard InChI is InChI=1S/C22H35N3O3/c1-5-28-16-6-13-23-20(26)17-11-14-25(15-12-17)21(27)24-19-9-7-18(8-10-19)22(2,3)4/h7-10,17H,5-6,11-16H2,1-4H3,(H,23,26)(H,24,27). The van der Waals surface area contributed by atoms with Gasteiger partial charge in [0.25, 0.3) is 0 Å². The number of hydrogen-bond acceptors (Lipinski definition) is 3. The molecule has 0 bridgehead atoms. The summed E-state index contributed by atoms with van der Waals surface area (Å²) in [4.78, 5) is 26.5. The fourth-order valence-electron chi connectivity index (χ4n) is 3.28. The van der Waals surface area contributed by atoms with E-state index in [1.54, 1.807) is 4.90 Å². The number of amides is 3. The second kappa shape index (κ2) is 10.5. The van der Waals surface area contributed by atoms with Crippen LogP contribution >= 0.6 is 0 Å². The predicted molar refractivity (Wildman–Crippen MR) is 113 cm³/mol. The fraction of sp³-hybridized carbons (Fsp3) is 0.636. The summed E-state index contributed by atoms with van der Waals surface area (Å²) in [5.74, 6) is 0.0801. The summed E-state index contributed by atoms with van der Waals surface area (Å²) in [5.41, 5.74) is 2.12. The van der Waals surface area contributed by atoms with E-state index in [2.05, 4.69) is 43.5 Å². The highest BCUT2D eigenvalue weighted by atomic mass is 16.5. The van der Waals surface area contributed by atoms with E-state index < -0.39 is 0 Å². The Hall–Kier alpha value is -2.08.